The minimum atomic E-state index is -0.946. The van der Waals surface area contributed by atoms with Crippen molar-refractivity contribution in [2.75, 3.05) is 0 Å². The maximum atomic E-state index is 11.0. The summed E-state index contributed by atoms with van der Waals surface area (Å²) in [5.41, 5.74) is 2.75. The average molecular weight is 282 g/mol. The van der Waals surface area contributed by atoms with E-state index in [0.29, 0.717) is 0 Å². The molecule has 5 heteroatoms. The molecule has 3 rings (SSSR count). The highest BCUT2D eigenvalue weighted by Gasteiger charge is 2.11. The normalized spacial score (nSPS) is 10.8. The molecule has 1 aromatic carbocycles. The molecule has 2 heterocycles. The first kappa shape index (κ1) is 13.2. The molecule has 0 amide bonds. The van der Waals surface area contributed by atoms with Crippen LogP contribution in [0.5, 0.6) is 0 Å². The van der Waals surface area contributed by atoms with E-state index >= 15 is 0 Å². The van der Waals surface area contributed by atoms with E-state index < -0.39 is 5.97 Å². The maximum absolute atomic E-state index is 11.0. The molecule has 0 bridgehead atoms. The highest BCUT2D eigenvalue weighted by Crippen LogP contribution is 2.25. The topological polar surface area (TPSA) is 68.3 Å². The Labute approximate surface area is 121 Å². The lowest BCUT2D eigenvalue weighted by Crippen LogP contribution is -1.98. The van der Waals surface area contributed by atoms with Crippen LogP contribution in [0.2, 0.25) is 0 Å². The number of hydrogen-bond donors (Lipinski definition) is 1. The molecule has 5 nitrogen and oxygen atoms in total. The zero-order chi connectivity index (χ0) is 15.0. The van der Waals surface area contributed by atoms with Crippen LogP contribution in [0.4, 0.5) is 0 Å². The molecule has 0 fully saturated rings. The van der Waals surface area contributed by atoms with Gasteiger partial charge in [-0.15, -0.1) is 0 Å². The highest BCUT2D eigenvalue weighted by atomic mass is 16.4. The van der Waals surface area contributed by atoms with Gasteiger partial charge < -0.3 is 14.1 Å². The average Bonchev–Trinajstić information content (AvgIpc) is 3.05. The number of aryl methyl sites for hydroxylation is 2. The molecule has 2 aromatic heterocycles. The molecule has 3 aromatic rings. The van der Waals surface area contributed by atoms with Gasteiger partial charge in [-0.05, 0) is 38.1 Å². The molecule has 0 aliphatic carbocycles. The van der Waals surface area contributed by atoms with E-state index in [9.17, 15) is 4.79 Å². The molecule has 0 atom stereocenters. The Kier molecular flexibility index (Phi) is 3.10. The number of benzene rings is 1. The highest BCUT2D eigenvalue weighted by molar-refractivity contribution is 5.88. The summed E-state index contributed by atoms with van der Waals surface area (Å²) in [6.45, 7) is 3.79. The third-order valence-electron chi connectivity index (χ3n) is 3.29. The van der Waals surface area contributed by atoms with Gasteiger partial charge in [0.2, 0.25) is 0 Å². The predicted molar refractivity (Wildman–Crippen MR) is 77.7 cm³/mol. The zero-order valence-electron chi connectivity index (χ0n) is 11.7. The van der Waals surface area contributed by atoms with Crippen LogP contribution in [0, 0.1) is 13.8 Å². The summed E-state index contributed by atoms with van der Waals surface area (Å²) >= 11 is 0. The third kappa shape index (κ3) is 2.45. The molecule has 0 aliphatic rings. The van der Waals surface area contributed by atoms with Crippen molar-refractivity contribution in [2.45, 2.75) is 13.8 Å². The first-order chi connectivity index (χ1) is 10.0. The number of rotatable bonds is 3. The summed E-state index contributed by atoms with van der Waals surface area (Å²) in [6, 6.07) is 8.67. The van der Waals surface area contributed by atoms with Gasteiger partial charge in [-0.3, -0.25) is 0 Å². The second kappa shape index (κ2) is 4.94. The van der Waals surface area contributed by atoms with Gasteiger partial charge in [0.1, 0.15) is 11.5 Å². The number of aromatic carboxylic acids is 1. The quantitative estimate of drug-likeness (QED) is 0.799. The lowest BCUT2D eigenvalue weighted by atomic mass is 10.2. The van der Waals surface area contributed by atoms with E-state index in [1.54, 1.807) is 29.1 Å². The molecule has 0 spiro atoms. The van der Waals surface area contributed by atoms with Gasteiger partial charge in [-0.25, -0.2) is 9.78 Å². The molecular weight excluding hydrogens is 268 g/mol. The van der Waals surface area contributed by atoms with Gasteiger partial charge in [0, 0.05) is 17.4 Å². The van der Waals surface area contributed by atoms with Crippen molar-refractivity contribution >= 4 is 5.97 Å². The van der Waals surface area contributed by atoms with E-state index in [2.05, 4.69) is 4.98 Å². The number of hydrogen-bond acceptors (Lipinski definition) is 3. The van der Waals surface area contributed by atoms with E-state index in [1.807, 2.05) is 32.2 Å². The summed E-state index contributed by atoms with van der Waals surface area (Å²) in [5, 5.41) is 9.04. The Morgan fingerprint density at radius 1 is 1.29 bits per heavy atom. The monoisotopic (exact) mass is 282 g/mol. The summed E-state index contributed by atoms with van der Waals surface area (Å²) in [7, 11) is 0. The van der Waals surface area contributed by atoms with Crippen LogP contribution in [0.15, 0.2) is 47.3 Å². The van der Waals surface area contributed by atoms with Crippen LogP contribution < -0.4 is 0 Å². The van der Waals surface area contributed by atoms with E-state index in [4.69, 9.17) is 9.52 Å². The van der Waals surface area contributed by atoms with Crippen molar-refractivity contribution in [2.24, 2.45) is 0 Å². The van der Waals surface area contributed by atoms with Crippen LogP contribution in [-0.4, -0.2) is 20.6 Å². The van der Waals surface area contributed by atoms with Crippen molar-refractivity contribution in [1.29, 1.82) is 0 Å². The van der Waals surface area contributed by atoms with Crippen molar-refractivity contribution in [3.8, 4) is 16.9 Å². The number of furan rings is 1. The Hall–Kier alpha value is -2.82. The largest absolute Gasteiger partial charge is 0.478 e. The lowest BCUT2D eigenvalue weighted by molar-refractivity contribution is 0.0697. The van der Waals surface area contributed by atoms with Crippen molar-refractivity contribution in [1.82, 2.24) is 9.55 Å². The number of nitrogens with zero attached hydrogens (tertiary/aromatic N) is 2. The van der Waals surface area contributed by atoms with Crippen LogP contribution in [0.1, 0.15) is 21.9 Å². The summed E-state index contributed by atoms with van der Waals surface area (Å²) in [6.07, 6.45) is 3.52. The van der Waals surface area contributed by atoms with Crippen LogP contribution in [0.25, 0.3) is 16.9 Å². The number of carboxylic acids is 1. The molecule has 0 aliphatic heterocycles. The van der Waals surface area contributed by atoms with E-state index in [-0.39, 0.29) is 5.56 Å². The fourth-order valence-electron chi connectivity index (χ4n) is 2.29. The molecule has 21 heavy (non-hydrogen) atoms. The molecule has 0 unspecified atom stereocenters. The molecule has 106 valence electrons. The number of carboxylic acid groups (broad SMARTS) is 1. The fraction of sp³-hybridized carbons (Fsp3) is 0.125. The third-order valence-corrected chi connectivity index (χ3v) is 3.29. The standard InChI is InChI=1S/C16H14N2O3/c1-10-6-14(11(2)21-10)15-8-18(9-17-15)13-5-3-4-12(7-13)16(19)20/h3-9H,1-2H3,(H,19,20). The summed E-state index contributed by atoms with van der Waals surface area (Å²) in [4.78, 5) is 15.4. The van der Waals surface area contributed by atoms with Gasteiger partial charge >= 0.3 is 5.97 Å². The van der Waals surface area contributed by atoms with Gasteiger partial charge in [0.15, 0.2) is 0 Å². The predicted octanol–water partition coefficient (Wildman–Crippen LogP) is 3.45. The van der Waals surface area contributed by atoms with Crippen LogP contribution in [-0.2, 0) is 0 Å². The number of aromatic nitrogens is 2. The number of carbonyl (C=O) groups is 1. The Bertz CT molecular complexity index is 815. The molecule has 0 saturated carbocycles. The van der Waals surface area contributed by atoms with Gasteiger partial charge in [-0.2, -0.15) is 0 Å². The Balaban J connectivity index is 2.00. The smallest absolute Gasteiger partial charge is 0.335 e. The van der Waals surface area contributed by atoms with Gasteiger partial charge in [0.25, 0.3) is 0 Å². The van der Waals surface area contributed by atoms with Crippen molar-refractivity contribution in [3.63, 3.8) is 0 Å². The molecule has 1 N–H and O–H groups in total. The second-order valence-electron chi connectivity index (χ2n) is 4.85. The van der Waals surface area contributed by atoms with E-state index in [0.717, 1.165) is 28.5 Å². The summed E-state index contributed by atoms with van der Waals surface area (Å²) < 4.78 is 7.30. The first-order valence-corrected chi connectivity index (χ1v) is 6.50. The lowest BCUT2D eigenvalue weighted by Gasteiger charge is -2.02. The molecule has 0 saturated heterocycles. The second-order valence-corrected chi connectivity index (χ2v) is 4.85. The zero-order valence-corrected chi connectivity index (χ0v) is 11.7. The maximum Gasteiger partial charge on any atom is 0.335 e. The molecule has 0 radical (unpaired) electrons. The first-order valence-electron chi connectivity index (χ1n) is 6.50. The Morgan fingerprint density at radius 2 is 2.10 bits per heavy atom. The SMILES string of the molecule is Cc1cc(-c2cn(-c3cccc(C(=O)O)c3)cn2)c(C)o1. The minimum absolute atomic E-state index is 0.248. The Morgan fingerprint density at radius 3 is 2.76 bits per heavy atom. The number of imidazole rings is 1. The minimum Gasteiger partial charge on any atom is -0.478 e. The van der Waals surface area contributed by atoms with Crippen molar-refractivity contribution in [3.05, 3.63) is 59.9 Å². The van der Waals surface area contributed by atoms with Crippen LogP contribution in [0.3, 0.4) is 0 Å². The van der Waals surface area contributed by atoms with Crippen LogP contribution >= 0.6 is 0 Å². The molecular formula is C16H14N2O3. The van der Waals surface area contributed by atoms with Gasteiger partial charge in [-0.1, -0.05) is 6.07 Å². The van der Waals surface area contributed by atoms with E-state index in [1.165, 1.54) is 0 Å². The fourth-order valence-corrected chi connectivity index (χ4v) is 2.29. The summed E-state index contributed by atoms with van der Waals surface area (Å²) in [5.74, 6) is 0.709. The van der Waals surface area contributed by atoms with Crippen molar-refractivity contribution < 1.29 is 14.3 Å². The van der Waals surface area contributed by atoms with Gasteiger partial charge in [0.05, 0.1) is 17.6 Å².